The molecule has 1 N–H and O–H groups in total. The standard InChI is InChI=1S/C21H21ClF3N5O3S/c1-20(5-6-21(24,25)11-13(20)16-3-8-28-30(16)2)33-17-10-15(23)18(9-14(17)22)34(31,32)29-19-4-7-26-12-27-19/h3-4,7-10,12-13H,5-6,11H2,1-2H3,(H,26,27,29)/t13-,20+/m1/s1. The molecule has 1 fully saturated rings. The molecule has 1 aliphatic carbocycles. The third kappa shape index (κ3) is 4.83. The summed E-state index contributed by atoms with van der Waals surface area (Å²) < 4.78 is 78.5. The van der Waals surface area contributed by atoms with Crippen molar-refractivity contribution >= 4 is 27.4 Å². The largest absolute Gasteiger partial charge is 0.485 e. The highest BCUT2D eigenvalue weighted by Crippen LogP contribution is 2.50. The Kier molecular flexibility index (Phi) is 6.23. The fraction of sp³-hybridized carbons (Fsp3) is 0.381. The molecule has 2 heterocycles. The van der Waals surface area contributed by atoms with Gasteiger partial charge in [-0.15, -0.1) is 0 Å². The minimum absolute atomic E-state index is 0.0386. The predicted molar refractivity (Wildman–Crippen MR) is 118 cm³/mol. The van der Waals surface area contributed by atoms with Crippen LogP contribution in [0.1, 0.15) is 37.8 Å². The van der Waals surface area contributed by atoms with Gasteiger partial charge in [0.05, 0.1) is 5.02 Å². The van der Waals surface area contributed by atoms with E-state index in [-0.39, 0.29) is 23.0 Å². The van der Waals surface area contributed by atoms with E-state index in [0.717, 1.165) is 18.5 Å². The Morgan fingerprint density at radius 1 is 1.24 bits per heavy atom. The summed E-state index contributed by atoms with van der Waals surface area (Å²) >= 11 is 6.28. The van der Waals surface area contributed by atoms with E-state index in [4.69, 9.17) is 16.3 Å². The number of benzene rings is 1. The number of aryl methyl sites for hydroxylation is 1. The zero-order chi connectivity index (χ0) is 24.7. The molecule has 13 heteroatoms. The van der Waals surface area contributed by atoms with E-state index in [2.05, 4.69) is 19.8 Å². The van der Waals surface area contributed by atoms with Crippen LogP contribution in [0.3, 0.4) is 0 Å². The number of rotatable bonds is 6. The normalized spacial score (nSPS) is 22.4. The van der Waals surface area contributed by atoms with Crippen molar-refractivity contribution in [1.82, 2.24) is 19.7 Å². The maximum Gasteiger partial charge on any atom is 0.266 e. The zero-order valence-electron chi connectivity index (χ0n) is 18.2. The maximum atomic E-state index is 14.9. The maximum absolute atomic E-state index is 14.9. The van der Waals surface area contributed by atoms with Crippen LogP contribution in [0.25, 0.3) is 0 Å². The molecule has 1 saturated carbocycles. The number of halogens is 4. The van der Waals surface area contributed by atoms with E-state index in [0.29, 0.717) is 5.69 Å². The van der Waals surface area contributed by atoms with Crippen molar-refractivity contribution < 1.29 is 26.3 Å². The van der Waals surface area contributed by atoms with Crippen LogP contribution >= 0.6 is 11.6 Å². The smallest absolute Gasteiger partial charge is 0.266 e. The quantitative estimate of drug-likeness (QED) is 0.517. The molecule has 34 heavy (non-hydrogen) atoms. The van der Waals surface area contributed by atoms with Crippen LogP contribution in [0.15, 0.2) is 47.9 Å². The molecule has 1 aliphatic rings. The molecule has 0 radical (unpaired) electrons. The van der Waals surface area contributed by atoms with E-state index >= 15 is 0 Å². The minimum Gasteiger partial charge on any atom is -0.485 e. The minimum atomic E-state index is -4.36. The number of sulfonamides is 1. The molecule has 2 atom stereocenters. The lowest BCUT2D eigenvalue weighted by Gasteiger charge is -2.44. The van der Waals surface area contributed by atoms with Gasteiger partial charge >= 0.3 is 0 Å². The third-order valence-electron chi connectivity index (χ3n) is 5.88. The number of hydrogen-bond acceptors (Lipinski definition) is 6. The molecule has 2 aromatic heterocycles. The van der Waals surface area contributed by atoms with Crippen molar-refractivity contribution in [1.29, 1.82) is 0 Å². The second-order valence-electron chi connectivity index (χ2n) is 8.32. The van der Waals surface area contributed by atoms with Crippen molar-refractivity contribution in [2.75, 3.05) is 4.72 Å². The Morgan fingerprint density at radius 2 is 2.00 bits per heavy atom. The molecule has 3 aromatic rings. The van der Waals surface area contributed by atoms with Crippen molar-refractivity contribution in [3.05, 3.63) is 59.5 Å². The summed E-state index contributed by atoms with van der Waals surface area (Å²) in [6, 6.07) is 4.68. The summed E-state index contributed by atoms with van der Waals surface area (Å²) in [6.07, 6.45) is 3.00. The lowest BCUT2D eigenvalue weighted by Crippen LogP contribution is -2.47. The summed E-state index contributed by atoms with van der Waals surface area (Å²) in [5.74, 6) is -5.01. The Labute approximate surface area is 199 Å². The van der Waals surface area contributed by atoms with Crippen molar-refractivity contribution in [3.63, 3.8) is 0 Å². The number of nitrogens with one attached hydrogen (secondary N) is 1. The van der Waals surface area contributed by atoms with Gasteiger partial charge in [0.1, 0.15) is 34.2 Å². The van der Waals surface area contributed by atoms with Crippen LogP contribution in [-0.2, 0) is 17.1 Å². The summed E-state index contributed by atoms with van der Waals surface area (Å²) in [5.41, 5.74) is -0.641. The Bertz CT molecular complexity index is 1310. The van der Waals surface area contributed by atoms with Gasteiger partial charge in [-0.05, 0) is 31.5 Å². The van der Waals surface area contributed by atoms with Crippen LogP contribution in [0.4, 0.5) is 19.0 Å². The molecule has 4 rings (SSSR count). The SMILES string of the molecule is Cn1nccc1[C@H]1CC(F)(F)CC[C@]1(C)Oc1cc(F)c(S(=O)(=O)Nc2ccncn2)cc1Cl. The van der Waals surface area contributed by atoms with Crippen LogP contribution in [-0.4, -0.2) is 39.7 Å². The molecule has 0 aliphatic heterocycles. The van der Waals surface area contributed by atoms with Crippen molar-refractivity contribution in [2.45, 2.75) is 48.5 Å². The molecule has 1 aromatic carbocycles. The van der Waals surface area contributed by atoms with Gasteiger partial charge in [0.25, 0.3) is 10.0 Å². The summed E-state index contributed by atoms with van der Waals surface area (Å²) in [5, 5.41) is 3.88. The second kappa shape index (κ2) is 8.73. The van der Waals surface area contributed by atoms with Crippen LogP contribution in [0.2, 0.25) is 5.02 Å². The highest BCUT2D eigenvalue weighted by molar-refractivity contribution is 7.92. The van der Waals surface area contributed by atoms with E-state index < -0.39 is 51.0 Å². The van der Waals surface area contributed by atoms with Gasteiger partial charge in [0.2, 0.25) is 5.92 Å². The third-order valence-corrected chi connectivity index (χ3v) is 7.55. The number of alkyl halides is 2. The first-order valence-electron chi connectivity index (χ1n) is 10.2. The van der Waals surface area contributed by atoms with Crippen LogP contribution in [0, 0.1) is 5.82 Å². The van der Waals surface area contributed by atoms with Gasteiger partial charge in [-0.25, -0.2) is 31.6 Å². The monoisotopic (exact) mass is 515 g/mol. The summed E-state index contributed by atoms with van der Waals surface area (Å²) in [4.78, 5) is 6.71. The lowest BCUT2D eigenvalue weighted by atomic mass is 9.73. The van der Waals surface area contributed by atoms with Gasteiger partial charge < -0.3 is 4.74 Å². The first kappa shape index (κ1) is 24.3. The van der Waals surface area contributed by atoms with Crippen molar-refractivity contribution in [2.24, 2.45) is 7.05 Å². The number of anilines is 1. The highest BCUT2D eigenvalue weighted by atomic mass is 35.5. The molecule has 0 bridgehead atoms. The number of nitrogens with zero attached hydrogens (tertiary/aromatic N) is 4. The number of hydrogen-bond donors (Lipinski definition) is 1. The van der Waals surface area contributed by atoms with Gasteiger partial charge in [-0.2, -0.15) is 5.10 Å². The van der Waals surface area contributed by atoms with E-state index in [1.807, 2.05) is 0 Å². The van der Waals surface area contributed by atoms with Gasteiger partial charge in [0, 0.05) is 50.0 Å². The Morgan fingerprint density at radius 3 is 2.65 bits per heavy atom. The highest BCUT2D eigenvalue weighted by Gasteiger charge is 2.51. The second-order valence-corrected chi connectivity index (χ2v) is 10.4. The molecule has 8 nitrogen and oxygen atoms in total. The average Bonchev–Trinajstić information content (AvgIpc) is 3.18. The van der Waals surface area contributed by atoms with Gasteiger partial charge in [-0.1, -0.05) is 11.6 Å². The fourth-order valence-electron chi connectivity index (χ4n) is 4.08. The lowest BCUT2D eigenvalue weighted by molar-refractivity contribution is -0.102. The molecular formula is C21H21ClF3N5O3S. The summed E-state index contributed by atoms with van der Waals surface area (Å²) in [7, 11) is -2.73. The van der Waals surface area contributed by atoms with Crippen molar-refractivity contribution in [3.8, 4) is 5.75 Å². The van der Waals surface area contributed by atoms with Crippen LogP contribution in [0.5, 0.6) is 5.75 Å². The molecule has 0 saturated heterocycles. The number of aromatic nitrogens is 4. The Balaban J connectivity index is 1.66. The van der Waals surface area contributed by atoms with E-state index in [1.54, 1.807) is 20.0 Å². The molecule has 0 unspecified atom stereocenters. The molecule has 182 valence electrons. The van der Waals surface area contributed by atoms with Crippen LogP contribution < -0.4 is 9.46 Å². The summed E-state index contributed by atoms with van der Waals surface area (Å²) in [6.45, 7) is 1.65. The zero-order valence-corrected chi connectivity index (χ0v) is 19.7. The average molecular weight is 516 g/mol. The fourth-order valence-corrected chi connectivity index (χ4v) is 5.44. The Hall–Kier alpha value is -2.86. The van der Waals surface area contributed by atoms with E-state index in [9.17, 15) is 21.6 Å². The first-order chi connectivity index (χ1) is 15.9. The molecular weight excluding hydrogens is 495 g/mol. The predicted octanol–water partition coefficient (Wildman–Crippen LogP) is 4.54. The van der Waals surface area contributed by atoms with Gasteiger partial charge in [-0.3, -0.25) is 9.40 Å². The molecule has 0 amide bonds. The number of ether oxygens (including phenoxy) is 1. The van der Waals surface area contributed by atoms with Gasteiger partial charge in [0.15, 0.2) is 0 Å². The first-order valence-corrected chi connectivity index (χ1v) is 12.1. The van der Waals surface area contributed by atoms with E-state index in [1.165, 1.54) is 23.1 Å². The molecule has 0 spiro atoms. The topological polar surface area (TPSA) is 99.0 Å².